The van der Waals surface area contributed by atoms with Crippen molar-refractivity contribution >= 4 is 32.5 Å². The maximum atomic E-state index is 12.9. The van der Waals surface area contributed by atoms with E-state index in [-0.39, 0.29) is 10.8 Å². The number of carbonyl (C=O) groups is 1. The number of amides is 1. The molecular weight excluding hydrogens is 414 g/mol. The van der Waals surface area contributed by atoms with Crippen molar-refractivity contribution in [3.8, 4) is 6.07 Å². The molecule has 9 heteroatoms. The van der Waals surface area contributed by atoms with E-state index in [9.17, 15) is 18.5 Å². The molecule has 0 saturated heterocycles. The van der Waals surface area contributed by atoms with Crippen LogP contribution in [-0.2, 0) is 16.6 Å². The third-order valence-electron chi connectivity index (χ3n) is 4.95. The van der Waals surface area contributed by atoms with Gasteiger partial charge in [0.15, 0.2) is 0 Å². The number of hydrogen-bond acceptors (Lipinski definition) is 4. The molecule has 1 amide bonds. The Balaban J connectivity index is 1.54. The molecule has 0 aliphatic carbocycles. The highest BCUT2D eigenvalue weighted by Crippen LogP contribution is 2.30. The lowest BCUT2D eigenvalue weighted by Crippen LogP contribution is -2.22. The molecule has 0 saturated carbocycles. The monoisotopic (exact) mass is 433 g/mol. The van der Waals surface area contributed by atoms with Crippen molar-refractivity contribution in [3.05, 3.63) is 83.3 Å². The summed E-state index contributed by atoms with van der Waals surface area (Å²) in [4.78, 5) is 18.2. The molecule has 0 aliphatic rings. The minimum absolute atomic E-state index is 0.0236. The Morgan fingerprint density at radius 1 is 1.10 bits per heavy atom. The van der Waals surface area contributed by atoms with Crippen molar-refractivity contribution < 1.29 is 13.2 Å². The molecule has 2 aromatic carbocycles. The van der Waals surface area contributed by atoms with Gasteiger partial charge in [-0.05, 0) is 54.4 Å². The van der Waals surface area contributed by atoms with E-state index in [1.807, 2.05) is 13.0 Å². The number of nitrogens with one attached hydrogen (secondary N) is 4. The number of nitriles is 1. The van der Waals surface area contributed by atoms with Crippen LogP contribution in [-0.4, -0.2) is 24.3 Å². The number of aromatic nitrogens is 2. The van der Waals surface area contributed by atoms with Crippen LogP contribution >= 0.6 is 0 Å². The molecular formula is C22H19N5O3S. The molecule has 0 spiro atoms. The second kappa shape index (κ2) is 8.01. The fourth-order valence-corrected chi connectivity index (χ4v) is 4.41. The molecule has 0 fully saturated rings. The van der Waals surface area contributed by atoms with Gasteiger partial charge >= 0.3 is 0 Å². The normalized spacial score (nSPS) is 11.2. The molecule has 0 atom stereocenters. The molecule has 2 heterocycles. The SMILES string of the molecule is Cc1ccc(NS(=O)(=O)c2ccc(C(=O)NCc3cc[nH]c3)cc2)c2[nH]cc(C#N)c12. The number of nitrogens with zero attached hydrogens (tertiary/aromatic N) is 1. The van der Waals surface area contributed by atoms with Gasteiger partial charge in [0.25, 0.3) is 15.9 Å². The summed E-state index contributed by atoms with van der Waals surface area (Å²) in [6, 6.07) is 13.1. The van der Waals surface area contributed by atoms with Gasteiger partial charge in [-0.25, -0.2) is 8.42 Å². The first-order valence-electron chi connectivity index (χ1n) is 9.42. The summed E-state index contributed by atoms with van der Waals surface area (Å²) in [5, 5.41) is 12.7. The second-order valence-corrected chi connectivity index (χ2v) is 8.71. The number of carbonyl (C=O) groups excluding carboxylic acids is 1. The lowest BCUT2D eigenvalue weighted by Gasteiger charge is -2.11. The minimum atomic E-state index is -3.89. The highest BCUT2D eigenvalue weighted by molar-refractivity contribution is 7.92. The summed E-state index contributed by atoms with van der Waals surface area (Å²) >= 11 is 0. The first-order chi connectivity index (χ1) is 14.9. The van der Waals surface area contributed by atoms with E-state index in [4.69, 9.17) is 0 Å². The number of sulfonamides is 1. The molecule has 4 rings (SSSR count). The highest BCUT2D eigenvalue weighted by atomic mass is 32.2. The third kappa shape index (κ3) is 4.01. The van der Waals surface area contributed by atoms with Gasteiger partial charge in [-0.2, -0.15) is 5.26 Å². The highest BCUT2D eigenvalue weighted by Gasteiger charge is 2.18. The van der Waals surface area contributed by atoms with Gasteiger partial charge in [-0.1, -0.05) is 6.07 Å². The van der Waals surface area contributed by atoms with Crippen LogP contribution in [0.15, 0.2) is 66.0 Å². The third-order valence-corrected chi connectivity index (χ3v) is 6.33. The van der Waals surface area contributed by atoms with Gasteiger partial charge < -0.3 is 15.3 Å². The van der Waals surface area contributed by atoms with E-state index < -0.39 is 10.0 Å². The second-order valence-electron chi connectivity index (χ2n) is 7.03. The fourth-order valence-electron chi connectivity index (χ4n) is 3.34. The first-order valence-corrected chi connectivity index (χ1v) is 10.9. The van der Waals surface area contributed by atoms with Crippen LogP contribution in [0.3, 0.4) is 0 Å². The van der Waals surface area contributed by atoms with Gasteiger partial charge in [0, 0.05) is 36.1 Å². The van der Waals surface area contributed by atoms with E-state index in [0.29, 0.717) is 34.3 Å². The van der Waals surface area contributed by atoms with E-state index in [1.165, 1.54) is 24.3 Å². The Morgan fingerprint density at radius 2 is 1.87 bits per heavy atom. The van der Waals surface area contributed by atoms with Gasteiger partial charge in [0.2, 0.25) is 0 Å². The van der Waals surface area contributed by atoms with Crippen molar-refractivity contribution in [1.82, 2.24) is 15.3 Å². The number of anilines is 1. The Kier molecular flexibility index (Phi) is 5.23. The van der Waals surface area contributed by atoms with E-state index in [2.05, 4.69) is 26.1 Å². The zero-order valence-corrected chi connectivity index (χ0v) is 17.4. The Hall–Kier alpha value is -4.03. The van der Waals surface area contributed by atoms with Crippen molar-refractivity contribution in [2.75, 3.05) is 4.72 Å². The summed E-state index contributed by atoms with van der Waals surface area (Å²) in [7, 11) is -3.89. The largest absolute Gasteiger partial charge is 0.367 e. The maximum Gasteiger partial charge on any atom is 0.261 e. The van der Waals surface area contributed by atoms with Gasteiger partial charge in [-0.3, -0.25) is 9.52 Å². The number of rotatable bonds is 6. The summed E-state index contributed by atoms with van der Waals surface area (Å²) in [6.45, 7) is 2.23. The number of benzene rings is 2. The molecule has 156 valence electrons. The molecule has 0 bridgehead atoms. The van der Waals surface area contributed by atoms with Crippen LogP contribution in [0, 0.1) is 18.3 Å². The number of fused-ring (bicyclic) bond motifs is 1. The van der Waals surface area contributed by atoms with Crippen molar-refractivity contribution in [1.29, 1.82) is 5.26 Å². The Labute approximate surface area is 179 Å². The summed E-state index contributed by atoms with van der Waals surface area (Å²) < 4.78 is 28.3. The van der Waals surface area contributed by atoms with Gasteiger partial charge in [0.05, 0.1) is 21.7 Å². The quantitative estimate of drug-likeness (QED) is 0.371. The number of aryl methyl sites for hydroxylation is 1. The summed E-state index contributed by atoms with van der Waals surface area (Å²) in [6.07, 6.45) is 5.11. The molecule has 4 N–H and O–H groups in total. The topological polar surface area (TPSA) is 131 Å². The van der Waals surface area contributed by atoms with Crippen LogP contribution in [0.5, 0.6) is 0 Å². The fraction of sp³-hybridized carbons (Fsp3) is 0.0909. The number of hydrogen-bond donors (Lipinski definition) is 4. The van der Waals surface area contributed by atoms with Crippen LogP contribution in [0.2, 0.25) is 0 Å². The average Bonchev–Trinajstić information content (AvgIpc) is 3.44. The van der Waals surface area contributed by atoms with E-state index in [1.54, 1.807) is 30.7 Å². The van der Waals surface area contributed by atoms with Crippen molar-refractivity contribution in [2.24, 2.45) is 0 Å². The zero-order chi connectivity index (χ0) is 22.0. The van der Waals surface area contributed by atoms with Crippen LogP contribution in [0.1, 0.15) is 27.0 Å². The number of H-pyrrole nitrogens is 2. The predicted octanol–water partition coefficient (Wildman–Crippen LogP) is 3.41. The van der Waals surface area contributed by atoms with Crippen LogP contribution in [0.25, 0.3) is 10.9 Å². The zero-order valence-electron chi connectivity index (χ0n) is 16.6. The molecule has 2 aromatic heterocycles. The van der Waals surface area contributed by atoms with Crippen LogP contribution in [0.4, 0.5) is 5.69 Å². The van der Waals surface area contributed by atoms with Crippen molar-refractivity contribution in [2.45, 2.75) is 18.4 Å². The molecule has 0 aliphatic heterocycles. The maximum absolute atomic E-state index is 12.9. The average molecular weight is 433 g/mol. The van der Waals surface area contributed by atoms with Crippen LogP contribution < -0.4 is 10.0 Å². The summed E-state index contributed by atoms with van der Waals surface area (Å²) in [5.41, 5.74) is 3.49. The number of aromatic amines is 2. The predicted molar refractivity (Wildman–Crippen MR) is 117 cm³/mol. The minimum Gasteiger partial charge on any atom is -0.367 e. The lowest BCUT2D eigenvalue weighted by atomic mass is 10.1. The smallest absolute Gasteiger partial charge is 0.261 e. The first kappa shape index (κ1) is 20.3. The molecule has 0 unspecified atom stereocenters. The Morgan fingerprint density at radius 3 is 2.55 bits per heavy atom. The van der Waals surface area contributed by atoms with E-state index in [0.717, 1.165) is 11.1 Å². The van der Waals surface area contributed by atoms with Crippen molar-refractivity contribution in [3.63, 3.8) is 0 Å². The van der Waals surface area contributed by atoms with E-state index >= 15 is 0 Å². The standard InChI is InChI=1S/C22H19N5O3S/c1-14-2-7-19(21-20(14)17(10-23)13-25-21)27-31(29,30)18-5-3-16(4-6-18)22(28)26-12-15-8-9-24-11-15/h2-9,11,13,24-25,27H,12H2,1H3,(H,26,28). The molecule has 31 heavy (non-hydrogen) atoms. The van der Waals surface area contributed by atoms with Gasteiger partial charge in [0.1, 0.15) is 6.07 Å². The molecule has 4 aromatic rings. The van der Waals surface area contributed by atoms with Gasteiger partial charge in [-0.15, -0.1) is 0 Å². The summed E-state index contributed by atoms with van der Waals surface area (Å²) in [5.74, 6) is -0.297. The molecule has 0 radical (unpaired) electrons. The molecule has 8 nitrogen and oxygen atoms in total. The lowest BCUT2D eigenvalue weighted by molar-refractivity contribution is 0.0951. The Bertz CT molecular complexity index is 1400.